The average Bonchev–Trinajstić information content (AvgIpc) is 3.33. The zero-order valence-electron chi connectivity index (χ0n) is 17.7. The molecular weight excluding hydrogens is 433 g/mol. The highest BCUT2D eigenvalue weighted by molar-refractivity contribution is 5.73. The molecule has 6 atom stereocenters. The normalized spacial score (nSPS) is 29.4. The zero-order valence-corrected chi connectivity index (χ0v) is 17.7. The van der Waals surface area contributed by atoms with Crippen LogP contribution < -0.4 is 0 Å². The van der Waals surface area contributed by atoms with Gasteiger partial charge < -0.3 is 24.1 Å². The van der Waals surface area contributed by atoms with Crippen LogP contribution in [0.15, 0.2) is 60.8 Å². The Kier molecular flexibility index (Phi) is 5.90. The molecule has 1 unspecified atom stereocenters. The van der Waals surface area contributed by atoms with Crippen LogP contribution in [0.1, 0.15) is 17.9 Å². The number of benzene rings is 2. The maximum Gasteiger partial charge on any atom is 0.335 e. The van der Waals surface area contributed by atoms with Gasteiger partial charge >= 0.3 is 5.97 Å². The van der Waals surface area contributed by atoms with Gasteiger partial charge in [0.1, 0.15) is 35.9 Å². The molecule has 172 valence electrons. The summed E-state index contributed by atoms with van der Waals surface area (Å²) in [5.74, 6) is -1.56. The number of aromatic nitrogens is 3. The van der Waals surface area contributed by atoms with E-state index in [2.05, 4.69) is 10.3 Å². The summed E-state index contributed by atoms with van der Waals surface area (Å²) in [6, 6.07) is 14.7. The molecular formula is C23H22FN3O6. The van der Waals surface area contributed by atoms with Crippen molar-refractivity contribution in [2.45, 2.75) is 36.7 Å². The molecule has 2 aromatic carbocycles. The lowest BCUT2D eigenvalue weighted by molar-refractivity contribution is -0.316. The summed E-state index contributed by atoms with van der Waals surface area (Å²) in [5.41, 5.74) is 1.80. The molecule has 0 saturated carbocycles. The fourth-order valence-electron chi connectivity index (χ4n) is 4.35. The number of carboxylic acids is 1. The van der Waals surface area contributed by atoms with E-state index in [1.807, 2.05) is 30.3 Å². The summed E-state index contributed by atoms with van der Waals surface area (Å²) in [5, 5.41) is 18.2. The summed E-state index contributed by atoms with van der Waals surface area (Å²) < 4.78 is 38.7. The lowest BCUT2D eigenvalue weighted by atomic mass is 9.91. The van der Waals surface area contributed by atoms with Crippen LogP contribution in [0.5, 0.6) is 0 Å². The SMILES string of the molecule is CO[C@@H]1[C@@H](n2cc(-c3cccc(F)c3)nn2)[C@H]2OC(c3ccccc3)OC[C@H]2O[C@H]1C(=O)O. The van der Waals surface area contributed by atoms with Crippen LogP contribution in [0.25, 0.3) is 11.3 Å². The van der Waals surface area contributed by atoms with E-state index in [1.54, 1.807) is 18.3 Å². The largest absolute Gasteiger partial charge is 0.479 e. The van der Waals surface area contributed by atoms with E-state index in [0.29, 0.717) is 11.3 Å². The molecule has 3 aromatic rings. The van der Waals surface area contributed by atoms with Crippen molar-refractivity contribution in [3.8, 4) is 11.3 Å². The molecule has 0 amide bonds. The van der Waals surface area contributed by atoms with Gasteiger partial charge in [0, 0.05) is 18.2 Å². The maximum atomic E-state index is 13.7. The first-order valence-electron chi connectivity index (χ1n) is 10.5. The third kappa shape index (κ3) is 4.13. The minimum Gasteiger partial charge on any atom is -0.479 e. The number of hydrogen-bond donors (Lipinski definition) is 1. The first-order chi connectivity index (χ1) is 16.0. The second kappa shape index (κ2) is 8.99. The Hall–Kier alpha value is -3.18. The molecule has 9 nitrogen and oxygen atoms in total. The molecule has 3 heterocycles. The van der Waals surface area contributed by atoms with Gasteiger partial charge in [-0.3, -0.25) is 0 Å². The quantitative estimate of drug-likeness (QED) is 0.626. The molecule has 2 aliphatic heterocycles. The summed E-state index contributed by atoms with van der Waals surface area (Å²) in [4.78, 5) is 12.0. The molecule has 2 aliphatic rings. The van der Waals surface area contributed by atoms with Crippen molar-refractivity contribution in [1.29, 1.82) is 0 Å². The molecule has 1 aromatic heterocycles. The van der Waals surface area contributed by atoms with E-state index in [4.69, 9.17) is 18.9 Å². The van der Waals surface area contributed by atoms with Crippen molar-refractivity contribution >= 4 is 5.97 Å². The van der Waals surface area contributed by atoms with Gasteiger partial charge in [0.05, 0.1) is 12.8 Å². The highest BCUT2D eigenvalue weighted by Gasteiger charge is 2.53. The molecule has 33 heavy (non-hydrogen) atoms. The third-order valence-corrected chi connectivity index (χ3v) is 5.88. The lowest BCUT2D eigenvalue weighted by Crippen LogP contribution is -2.61. The fourth-order valence-corrected chi connectivity index (χ4v) is 4.35. The number of carboxylic acid groups (broad SMARTS) is 1. The highest BCUT2D eigenvalue weighted by Crippen LogP contribution is 2.40. The maximum absolute atomic E-state index is 13.7. The third-order valence-electron chi connectivity index (χ3n) is 5.88. The monoisotopic (exact) mass is 455 g/mol. The van der Waals surface area contributed by atoms with Crippen LogP contribution in [0.3, 0.4) is 0 Å². The van der Waals surface area contributed by atoms with E-state index in [1.165, 1.54) is 23.9 Å². The van der Waals surface area contributed by atoms with Crippen LogP contribution in [0, 0.1) is 5.82 Å². The number of nitrogens with zero attached hydrogens (tertiary/aromatic N) is 3. The van der Waals surface area contributed by atoms with Crippen molar-refractivity contribution in [2.24, 2.45) is 0 Å². The molecule has 2 fully saturated rings. The summed E-state index contributed by atoms with van der Waals surface area (Å²) in [7, 11) is 1.41. The number of halogens is 1. The highest BCUT2D eigenvalue weighted by atomic mass is 19.1. The fraction of sp³-hybridized carbons (Fsp3) is 0.348. The molecule has 1 N–H and O–H groups in total. The topological polar surface area (TPSA) is 105 Å². The number of fused-ring (bicyclic) bond motifs is 1. The van der Waals surface area contributed by atoms with E-state index in [-0.39, 0.29) is 6.61 Å². The van der Waals surface area contributed by atoms with Gasteiger partial charge in [-0.15, -0.1) is 5.10 Å². The van der Waals surface area contributed by atoms with Gasteiger partial charge in [-0.1, -0.05) is 47.7 Å². The average molecular weight is 455 g/mol. The summed E-state index contributed by atoms with van der Waals surface area (Å²) >= 11 is 0. The summed E-state index contributed by atoms with van der Waals surface area (Å²) in [6.07, 6.45) is -2.51. The lowest BCUT2D eigenvalue weighted by Gasteiger charge is -2.48. The second-order valence-electron chi connectivity index (χ2n) is 7.90. The van der Waals surface area contributed by atoms with Crippen LogP contribution in [0.2, 0.25) is 0 Å². The van der Waals surface area contributed by atoms with Crippen molar-refractivity contribution in [2.75, 3.05) is 13.7 Å². The van der Waals surface area contributed by atoms with Crippen molar-refractivity contribution in [3.63, 3.8) is 0 Å². The number of rotatable bonds is 5. The van der Waals surface area contributed by atoms with Gasteiger partial charge in [-0.05, 0) is 12.1 Å². The zero-order chi connectivity index (χ0) is 22.9. The van der Waals surface area contributed by atoms with E-state index >= 15 is 0 Å². The van der Waals surface area contributed by atoms with E-state index in [0.717, 1.165) is 5.56 Å². The predicted molar refractivity (Wildman–Crippen MR) is 112 cm³/mol. The van der Waals surface area contributed by atoms with Crippen LogP contribution >= 0.6 is 0 Å². The number of carbonyl (C=O) groups is 1. The van der Waals surface area contributed by atoms with Gasteiger partial charge in [0.25, 0.3) is 0 Å². The Bertz CT molecular complexity index is 1130. The smallest absolute Gasteiger partial charge is 0.335 e. The first-order valence-corrected chi connectivity index (χ1v) is 10.5. The molecule has 10 heteroatoms. The Morgan fingerprint density at radius 1 is 1.18 bits per heavy atom. The molecule has 0 bridgehead atoms. The van der Waals surface area contributed by atoms with E-state index < -0.39 is 48.5 Å². The van der Waals surface area contributed by atoms with Gasteiger partial charge in [-0.2, -0.15) is 0 Å². The minimum absolute atomic E-state index is 0.131. The Morgan fingerprint density at radius 3 is 2.73 bits per heavy atom. The van der Waals surface area contributed by atoms with Crippen LogP contribution in [0.4, 0.5) is 4.39 Å². The van der Waals surface area contributed by atoms with Crippen LogP contribution in [-0.2, 0) is 23.7 Å². The molecule has 0 radical (unpaired) electrons. The van der Waals surface area contributed by atoms with Gasteiger partial charge in [0.2, 0.25) is 0 Å². The van der Waals surface area contributed by atoms with Crippen molar-refractivity contribution in [3.05, 3.63) is 72.2 Å². The van der Waals surface area contributed by atoms with Crippen LogP contribution in [-0.4, -0.2) is 64.2 Å². The predicted octanol–water partition coefficient (Wildman–Crippen LogP) is 2.61. The van der Waals surface area contributed by atoms with E-state index in [9.17, 15) is 14.3 Å². The van der Waals surface area contributed by atoms with Gasteiger partial charge in [-0.25, -0.2) is 13.9 Å². The molecule has 2 saturated heterocycles. The molecule has 0 aliphatic carbocycles. The van der Waals surface area contributed by atoms with Crippen molar-refractivity contribution in [1.82, 2.24) is 15.0 Å². The van der Waals surface area contributed by atoms with Crippen molar-refractivity contribution < 1.29 is 33.2 Å². The number of methoxy groups -OCH3 is 1. The number of hydrogen-bond acceptors (Lipinski definition) is 7. The summed E-state index contributed by atoms with van der Waals surface area (Å²) in [6.45, 7) is 0.131. The molecule has 5 rings (SSSR count). The Morgan fingerprint density at radius 2 is 2.00 bits per heavy atom. The first kappa shape index (κ1) is 21.7. The Labute approximate surface area is 188 Å². The molecule has 0 spiro atoms. The standard InChI is InChI=1S/C23H22FN3O6/c1-30-20-18(27-11-16(25-26-27)14-8-5-9-15(24)10-14)19-17(32-21(20)22(28)29)12-31-23(33-19)13-6-3-2-4-7-13/h2-11,17-21,23H,12H2,1H3,(H,28,29)/t17-,18+,19+,20-,21-,23?/m1/s1. The number of ether oxygens (including phenoxy) is 4. The minimum atomic E-state index is -1.26. The Balaban J connectivity index is 1.51. The number of aliphatic carboxylic acids is 1. The van der Waals surface area contributed by atoms with Gasteiger partial charge in [0.15, 0.2) is 12.4 Å². The second-order valence-corrected chi connectivity index (χ2v) is 7.90.